The normalized spacial score (nSPS) is 26.0. The summed E-state index contributed by atoms with van der Waals surface area (Å²) in [5.41, 5.74) is 1.89. The summed E-state index contributed by atoms with van der Waals surface area (Å²) in [6.45, 7) is 0.846. The Bertz CT molecular complexity index is 1180. The minimum atomic E-state index is -1.11. The summed E-state index contributed by atoms with van der Waals surface area (Å²) in [4.78, 5) is 28.5. The van der Waals surface area contributed by atoms with Crippen molar-refractivity contribution in [3.63, 3.8) is 0 Å². The van der Waals surface area contributed by atoms with Crippen molar-refractivity contribution in [1.82, 2.24) is 10.2 Å². The maximum atomic E-state index is 13.8. The molecule has 5 atom stereocenters. The van der Waals surface area contributed by atoms with E-state index in [4.69, 9.17) is 9.47 Å². The minimum Gasteiger partial charge on any atom is -0.486 e. The summed E-state index contributed by atoms with van der Waals surface area (Å²) in [6.07, 6.45) is 0.718. The number of carbonyl (C=O) groups excluding carboxylic acids is 2. The lowest BCUT2D eigenvalue weighted by Gasteiger charge is -2.41. The number of hydrogen-bond donors (Lipinski definition) is 3. The van der Waals surface area contributed by atoms with Gasteiger partial charge in [0, 0.05) is 30.8 Å². The molecule has 9 heteroatoms. The number of nitrogens with one attached hydrogen (secondary N) is 1. The molecule has 1 saturated heterocycles. The SMILES string of the molecule is O=C(NCCO)C1=C[C@@H](N(CCc2cccc(F)c2)C(=O)C2CCOC2)[C@H](O)[C@H]2Oc3ccccc3[C@@H]12. The first kappa shape index (κ1) is 25.4. The number of amides is 2. The van der Waals surface area contributed by atoms with Gasteiger partial charge in [0.05, 0.1) is 31.1 Å². The number of hydrogen-bond acceptors (Lipinski definition) is 6. The van der Waals surface area contributed by atoms with Gasteiger partial charge in [0.15, 0.2) is 0 Å². The lowest BCUT2D eigenvalue weighted by molar-refractivity contribution is -0.141. The van der Waals surface area contributed by atoms with Gasteiger partial charge >= 0.3 is 0 Å². The number of halogens is 1. The van der Waals surface area contributed by atoms with Crippen LogP contribution in [0.2, 0.25) is 0 Å². The van der Waals surface area contributed by atoms with Gasteiger partial charge in [-0.2, -0.15) is 0 Å². The molecule has 1 fully saturated rings. The van der Waals surface area contributed by atoms with Crippen LogP contribution in [0.5, 0.6) is 5.75 Å². The Kier molecular flexibility index (Phi) is 7.55. The number of benzene rings is 2. The molecule has 2 heterocycles. The number of ether oxygens (including phenoxy) is 2. The second kappa shape index (κ2) is 11.0. The molecule has 196 valence electrons. The second-order valence-corrected chi connectivity index (χ2v) is 9.65. The molecule has 3 N–H and O–H groups in total. The number of fused-ring (bicyclic) bond motifs is 3. The number of rotatable bonds is 8. The molecule has 2 aromatic rings. The van der Waals surface area contributed by atoms with Gasteiger partial charge in [0.2, 0.25) is 11.8 Å². The summed E-state index contributed by atoms with van der Waals surface area (Å²) in [7, 11) is 0. The number of para-hydroxylation sites is 1. The van der Waals surface area contributed by atoms with Gasteiger partial charge in [-0.3, -0.25) is 9.59 Å². The van der Waals surface area contributed by atoms with Crippen molar-refractivity contribution in [2.24, 2.45) is 5.92 Å². The molecular weight excluding hydrogens is 479 g/mol. The molecule has 3 aliphatic rings. The number of nitrogens with zero attached hydrogens (tertiary/aromatic N) is 1. The third-order valence-corrected chi connectivity index (χ3v) is 7.33. The summed E-state index contributed by atoms with van der Waals surface area (Å²) in [6, 6.07) is 12.7. The van der Waals surface area contributed by atoms with Crippen molar-refractivity contribution in [2.45, 2.75) is 37.0 Å². The van der Waals surface area contributed by atoms with Crippen molar-refractivity contribution in [2.75, 3.05) is 32.9 Å². The highest BCUT2D eigenvalue weighted by Crippen LogP contribution is 2.47. The van der Waals surface area contributed by atoms with Gasteiger partial charge in [0.25, 0.3) is 0 Å². The molecule has 0 radical (unpaired) electrons. The molecule has 5 rings (SSSR count). The van der Waals surface area contributed by atoms with Gasteiger partial charge < -0.3 is 29.9 Å². The van der Waals surface area contributed by atoms with E-state index in [2.05, 4.69) is 5.32 Å². The fraction of sp³-hybridized carbons (Fsp3) is 0.429. The van der Waals surface area contributed by atoms with Crippen molar-refractivity contribution in [1.29, 1.82) is 0 Å². The number of carbonyl (C=O) groups is 2. The summed E-state index contributed by atoms with van der Waals surface area (Å²) >= 11 is 0. The lowest BCUT2D eigenvalue weighted by atomic mass is 9.77. The highest BCUT2D eigenvalue weighted by molar-refractivity contribution is 5.96. The average Bonchev–Trinajstić information content (AvgIpc) is 3.57. The molecule has 1 unspecified atom stereocenters. The Morgan fingerprint density at radius 2 is 2.00 bits per heavy atom. The number of aliphatic hydroxyl groups excluding tert-OH is 2. The van der Waals surface area contributed by atoms with Crippen LogP contribution in [0, 0.1) is 11.7 Å². The summed E-state index contributed by atoms with van der Waals surface area (Å²) in [5, 5.41) is 23.5. The molecule has 2 aromatic carbocycles. The molecule has 8 nitrogen and oxygen atoms in total. The molecule has 0 aromatic heterocycles. The predicted octanol–water partition coefficient (Wildman–Crippen LogP) is 1.56. The van der Waals surface area contributed by atoms with Crippen LogP contribution in [-0.4, -0.2) is 78.1 Å². The van der Waals surface area contributed by atoms with Crippen LogP contribution < -0.4 is 10.1 Å². The zero-order valence-electron chi connectivity index (χ0n) is 20.4. The van der Waals surface area contributed by atoms with E-state index in [0.29, 0.717) is 37.4 Å². The Morgan fingerprint density at radius 3 is 2.76 bits per heavy atom. The van der Waals surface area contributed by atoms with Crippen LogP contribution in [0.4, 0.5) is 4.39 Å². The van der Waals surface area contributed by atoms with E-state index in [9.17, 15) is 24.2 Å². The first-order valence-electron chi connectivity index (χ1n) is 12.6. The Morgan fingerprint density at radius 1 is 1.16 bits per heavy atom. The predicted molar refractivity (Wildman–Crippen MR) is 132 cm³/mol. The average molecular weight is 511 g/mol. The highest BCUT2D eigenvalue weighted by Gasteiger charge is 2.50. The van der Waals surface area contributed by atoms with E-state index >= 15 is 0 Å². The van der Waals surface area contributed by atoms with Crippen LogP contribution in [0.1, 0.15) is 23.5 Å². The fourth-order valence-corrected chi connectivity index (χ4v) is 5.50. The zero-order valence-corrected chi connectivity index (χ0v) is 20.4. The molecule has 1 aliphatic carbocycles. The topological polar surface area (TPSA) is 108 Å². The first-order valence-corrected chi connectivity index (χ1v) is 12.6. The Balaban J connectivity index is 1.51. The van der Waals surface area contributed by atoms with Crippen LogP contribution in [0.15, 0.2) is 60.2 Å². The van der Waals surface area contributed by atoms with E-state index in [1.807, 2.05) is 18.2 Å². The molecule has 0 saturated carbocycles. The molecule has 37 heavy (non-hydrogen) atoms. The fourth-order valence-electron chi connectivity index (χ4n) is 5.50. The quantitative estimate of drug-likeness (QED) is 0.498. The highest BCUT2D eigenvalue weighted by atomic mass is 19.1. The first-order chi connectivity index (χ1) is 18.0. The molecule has 2 aliphatic heterocycles. The Hall–Kier alpha value is -3.27. The molecule has 0 bridgehead atoms. The largest absolute Gasteiger partial charge is 0.486 e. The van der Waals surface area contributed by atoms with Crippen LogP contribution >= 0.6 is 0 Å². The van der Waals surface area contributed by atoms with Gasteiger partial charge in [-0.15, -0.1) is 0 Å². The smallest absolute Gasteiger partial charge is 0.247 e. The monoisotopic (exact) mass is 510 g/mol. The third kappa shape index (κ3) is 5.12. The Labute approximate surface area is 214 Å². The zero-order chi connectivity index (χ0) is 25.9. The second-order valence-electron chi connectivity index (χ2n) is 9.65. The minimum absolute atomic E-state index is 0.0743. The van der Waals surface area contributed by atoms with Crippen molar-refractivity contribution in [3.8, 4) is 5.75 Å². The maximum Gasteiger partial charge on any atom is 0.247 e. The molecular formula is C28H31FN2O6. The molecule has 2 amide bonds. The van der Waals surface area contributed by atoms with E-state index in [-0.39, 0.29) is 43.2 Å². The summed E-state index contributed by atoms with van der Waals surface area (Å²) < 4.78 is 25.4. The lowest BCUT2D eigenvalue weighted by Crippen LogP contribution is -2.57. The van der Waals surface area contributed by atoms with Gasteiger partial charge in [-0.05, 0) is 42.7 Å². The van der Waals surface area contributed by atoms with E-state index in [0.717, 1.165) is 11.1 Å². The van der Waals surface area contributed by atoms with Crippen LogP contribution in [0.25, 0.3) is 0 Å². The van der Waals surface area contributed by atoms with Crippen molar-refractivity contribution < 1.29 is 33.7 Å². The standard InChI is InChI=1S/C28H31FN2O6/c29-19-5-3-4-17(14-19)8-11-31(28(35)18-9-13-36-16-18)22-15-21(27(34)30-10-12-32)24-20-6-1-2-7-23(20)37-26(24)25(22)33/h1-7,14-15,18,22,24-26,32-33H,8-13,16H2,(H,30,34)/t18?,22-,24+,25+,26+/m1/s1. The van der Waals surface area contributed by atoms with E-state index < -0.39 is 24.2 Å². The summed E-state index contributed by atoms with van der Waals surface area (Å²) in [5.74, 6) is -1.23. The maximum absolute atomic E-state index is 13.8. The number of aliphatic hydroxyl groups is 2. The molecule has 0 spiro atoms. The van der Waals surface area contributed by atoms with Crippen molar-refractivity contribution >= 4 is 11.8 Å². The van der Waals surface area contributed by atoms with Gasteiger partial charge in [-0.1, -0.05) is 30.3 Å². The van der Waals surface area contributed by atoms with Crippen molar-refractivity contribution in [3.05, 3.63) is 77.1 Å². The van der Waals surface area contributed by atoms with E-state index in [1.54, 1.807) is 29.2 Å². The van der Waals surface area contributed by atoms with Crippen LogP contribution in [-0.2, 0) is 20.7 Å². The third-order valence-electron chi connectivity index (χ3n) is 7.33. The van der Waals surface area contributed by atoms with Crippen LogP contribution in [0.3, 0.4) is 0 Å². The van der Waals surface area contributed by atoms with E-state index in [1.165, 1.54) is 12.1 Å². The van der Waals surface area contributed by atoms with Gasteiger partial charge in [-0.25, -0.2) is 4.39 Å². The van der Waals surface area contributed by atoms with Gasteiger partial charge in [0.1, 0.15) is 23.8 Å².